The Morgan fingerprint density at radius 1 is 1.00 bits per heavy atom. The number of benzene rings is 3. The van der Waals surface area contributed by atoms with Crippen molar-refractivity contribution in [2.45, 2.75) is 38.1 Å². The molecule has 0 aromatic heterocycles. The van der Waals surface area contributed by atoms with E-state index in [2.05, 4.69) is 29.3 Å². The van der Waals surface area contributed by atoms with Gasteiger partial charge in [0.2, 0.25) is 5.91 Å². The molecule has 3 aromatic carbocycles. The SMILES string of the molecule is CCOc1ccc(N(CC(=O)NCc2ccc(N3CCCC(C)C3)cc2)S(=O)(=O)c2ccc(OC)c(OC)c2)cc1. The van der Waals surface area contributed by atoms with Gasteiger partial charge in [-0.05, 0) is 79.8 Å². The van der Waals surface area contributed by atoms with Gasteiger partial charge in [0.1, 0.15) is 12.3 Å². The van der Waals surface area contributed by atoms with Gasteiger partial charge in [-0.3, -0.25) is 9.10 Å². The minimum absolute atomic E-state index is 0.0283. The molecule has 1 aliphatic heterocycles. The zero-order chi connectivity index (χ0) is 29.4. The van der Waals surface area contributed by atoms with Crippen molar-refractivity contribution >= 4 is 27.3 Å². The van der Waals surface area contributed by atoms with Gasteiger partial charge in [0.05, 0.1) is 31.4 Å². The Morgan fingerprint density at radius 3 is 2.34 bits per heavy atom. The first-order valence-corrected chi connectivity index (χ1v) is 15.3. The highest BCUT2D eigenvalue weighted by molar-refractivity contribution is 7.92. The maximum atomic E-state index is 13.8. The highest BCUT2D eigenvalue weighted by atomic mass is 32.2. The second kappa shape index (κ2) is 13.6. The van der Waals surface area contributed by atoms with Crippen LogP contribution in [0.3, 0.4) is 0 Å². The topological polar surface area (TPSA) is 97.4 Å². The number of nitrogens with zero attached hydrogens (tertiary/aromatic N) is 2. The summed E-state index contributed by atoms with van der Waals surface area (Å²) in [5.74, 6) is 1.52. The number of piperidine rings is 1. The Hall–Kier alpha value is -3.92. The number of methoxy groups -OCH3 is 2. The molecule has 1 atom stereocenters. The van der Waals surface area contributed by atoms with Crippen LogP contribution in [-0.2, 0) is 21.4 Å². The standard InChI is InChI=1S/C31H39N3O6S/c1-5-40-27-14-12-26(13-15-27)34(41(36,37)28-16-17-29(38-3)30(19-28)39-4)22-31(35)32-20-24-8-10-25(11-9-24)33-18-6-7-23(2)21-33/h8-17,19,23H,5-7,18,20-22H2,1-4H3,(H,32,35). The molecule has 0 saturated carbocycles. The van der Waals surface area contributed by atoms with Crippen molar-refractivity contribution in [2.75, 3.05) is 49.7 Å². The molecule has 0 bridgehead atoms. The molecule has 3 aromatic rings. The van der Waals surface area contributed by atoms with Crippen LogP contribution in [0, 0.1) is 5.92 Å². The molecule has 1 unspecified atom stereocenters. The van der Waals surface area contributed by atoms with E-state index in [1.165, 1.54) is 50.9 Å². The molecule has 10 heteroatoms. The second-order valence-electron chi connectivity index (χ2n) is 10.1. The van der Waals surface area contributed by atoms with Gasteiger partial charge in [0.25, 0.3) is 10.0 Å². The van der Waals surface area contributed by atoms with Crippen LogP contribution < -0.4 is 28.7 Å². The minimum Gasteiger partial charge on any atom is -0.494 e. The average Bonchev–Trinajstić information content (AvgIpc) is 2.99. The van der Waals surface area contributed by atoms with Crippen LogP contribution in [0.15, 0.2) is 71.6 Å². The molecule has 0 aliphatic carbocycles. The Labute approximate surface area is 243 Å². The fourth-order valence-corrected chi connectivity index (χ4v) is 6.37. The van der Waals surface area contributed by atoms with Crippen molar-refractivity contribution in [3.63, 3.8) is 0 Å². The lowest BCUT2D eigenvalue weighted by Crippen LogP contribution is -2.40. The number of hydrogen-bond donors (Lipinski definition) is 1. The summed E-state index contributed by atoms with van der Waals surface area (Å²) in [6, 6.07) is 19.1. The number of rotatable bonds is 12. The lowest BCUT2D eigenvalue weighted by atomic mass is 9.99. The van der Waals surface area contributed by atoms with E-state index in [-0.39, 0.29) is 17.2 Å². The van der Waals surface area contributed by atoms with Crippen LogP contribution in [0.1, 0.15) is 32.3 Å². The van der Waals surface area contributed by atoms with Gasteiger partial charge >= 0.3 is 0 Å². The Kier molecular flexibility index (Phi) is 9.99. The van der Waals surface area contributed by atoms with Gasteiger partial charge in [-0.25, -0.2) is 8.42 Å². The summed E-state index contributed by atoms with van der Waals surface area (Å²) in [5.41, 5.74) is 2.44. The van der Waals surface area contributed by atoms with Crippen molar-refractivity contribution in [1.29, 1.82) is 0 Å². The maximum absolute atomic E-state index is 13.8. The van der Waals surface area contributed by atoms with Crippen molar-refractivity contribution in [3.05, 3.63) is 72.3 Å². The Bertz CT molecular complexity index is 1410. The number of anilines is 2. The fraction of sp³-hybridized carbons (Fsp3) is 0.387. The van der Waals surface area contributed by atoms with E-state index >= 15 is 0 Å². The summed E-state index contributed by atoms with van der Waals surface area (Å²) in [5, 5.41) is 2.87. The van der Waals surface area contributed by atoms with Crippen molar-refractivity contribution < 1.29 is 27.4 Å². The summed E-state index contributed by atoms with van der Waals surface area (Å²) in [4.78, 5) is 15.5. The van der Waals surface area contributed by atoms with Gasteiger partial charge in [0, 0.05) is 31.4 Å². The van der Waals surface area contributed by atoms with E-state index in [1.54, 1.807) is 24.3 Å². The average molecular weight is 582 g/mol. The molecule has 4 rings (SSSR count). The van der Waals surface area contributed by atoms with E-state index in [9.17, 15) is 13.2 Å². The van der Waals surface area contributed by atoms with Crippen molar-refractivity contribution in [1.82, 2.24) is 5.32 Å². The van der Waals surface area contributed by atoms with Crippen molar-refractivity contribution in [2.24, 2.45) is 5.92 Å². The summed E-state index contributed by atoms with van der Waals surface area (Å²) in [6.45, 7) is 6.60. The molecule has 0 radical (unpaired) electrons. The highest BCUT2D eigenvalue weighted by Gasteiger charge is 2.28. The smallest absolute Gasteiger partial charge is 0.264 e. The van der Waals surface area contributed by atoms with E-state index in [1.807, 2.05) is 19.1 Å². The number of hydrogen-bond acceptors (Lipinski definition) is 7. The predicted molar refractivity (Wildman–Crippen MR) is 161 cm³/mol. The lowest BCUT2D eigenvalue weighted by Gasteiger charge is -2.32. The van der Waals surface area contributed by atoms with Gasteiger partial charge in [-0.2, -0.15) is 0 Å². The third kappa shape index (κ3) is 7.43. The molecular weight excluding hydrogens is 542 g/mol. The molecule has 1 fully saturated rings. The Balaban J connectivity index is 1.51. The van der Waals surface area contributed by atoms with Crippen LogP contribution in [-0.4, -0.2) is 54.8 Å². The third-order valence-corrected chi connectivity index (χ3v) is 8.88. The molecule has 1 heterocycles. The fourth-order valence-electron chi connectivity index (χ4n) is 4.93. The van der Waals surface area contributed by atoms with Gasteiger partial charge < -0.3 is 24.4 Å². The number of amides is 1. The van der Waals surface area contributed by atoms with Crippen LogP contribution in [0.25, 0.3) is 0 Å². The highest BCUT2D eigenvalue weighted by Crippen LogP contribution is 2.32. The van der Waals surface area contributed by atoms with Gasteiger partial charge in [-0.15, -0.1) is 0 Å². The molecule has 1 saturated heterocycles. The minimum atomic E-state index is -4.15. The summed E-state index contributed by atoms with van der Waals surface area (Å²) < 4.78 is 44.9. The maximum Gasteiger partial charge on any atom is 0.264 e. The molecule has 0 spiro atoms. The number of carbonyl (C=O) groups is 1. The van der Waals surface area contributed by atoms with Gasteiger partial charge in [-0.1, -0.05) is 19.1 Å². The molecule has 1 N–H and O–H groups in total. The van der Waals surface area contributed by atoms with Crippen LogP contribution in [0.5, 0.6) is 17.2 Å². The molecule has 41 heavy (non-hydrogen) atoms. The monoisotopic (exact) mass is 581 g/mol. The van der Waals surface area contributed by atoms with E-state index in [0.717, 1.165) is 23.0 Å². The lowest BCUT2D eigenvalue weighted by molar-refractivity contribution is -0.119. The van der Waals surface area contributed by atoms with E-state index in [4.69, 9.17) is 14.2 Å². The molecular formula is C31H39N3O6S. The normalized spacial score (nSPS) is 15.2. The number of nitrogens with one attached hydrogen (secondary N) is 1. The molecule has 220 valence electrons. The summed E-state index contributed by atoms with van der Waals surface area (Å²) in [6.07, 6.45) is 2.45. The molecule has 1 aliphatic rings. The zero-order valence-electron chi connectivity index (χ0n) is 24.1. The van der Waals surface area contributed by atoms with Crippen LogP contribution >= 0.6 is 0 Å². The predicted octanol–water partition coefficient (Wildman–Crippen LogP) is 4.85. The van der Waals surface area contributed by atoms with E-state index in [0.29, 0.717) is 29.7 Å². The quantitative estimate of drug-likeness (QED) is 0.327. The molecule has 9 nitrogen and oxygen atoms in total. The van der Waals surface area contributed by atoms with Crippen LogP contribution in [0.2, 0.25) is 0 Å². The summed E-state index contributed by atoms with van der Waals surface area (Å²) in [7, 11) is -1.23. The third-order valence-electron chi connectivity index (χ3n) is 7.11. The van der Waals surface area contributed by atoms with Crippen LogP contribution in [0.4, 0.5) is 11.4 Å². The largest absolute Gasteiger partial charge is 0.494 e. The zero-order valence-corrected chi connectivity index (χ0v) is 24.9. The molecule has 1 amide bonds. The summed E-state index contributed by atoms with van der Waals surface area (Å²) >= 11 is 0. The first kappa shape index (κ1) is 30.0. The first-order chi connectivity index (χ1) is 19.7. The second-order valence-corrected chi connectivity index (χ2v) is 12.0. The van der Waals surface area contributed by atoms with E-state index < -0.39 is 22.5 Å². The number of ether oxygens (including phenoxy) is 3. The number of carbonyl (C=O) groups excluding carboxylic acids is 1. The first-order valence-electron chi connectivity index (χ1n) is 13.8. The number of sulfonamides is 1. The van der Waals surface area contributed by atoms with Crippen molar-refractivity contribution in [3.8, 4) is 17.2 Å². The Morgan fingerprint density at radius 2 is 1.71 bits per heavy atom. The van der Waals surface area contributed by atoms with Gasteiger partial charge in [0.15, 0.2) is 11.5 Å².